The smallest absolute Gasteiger partial charge is 0.298 e. The molecule has 0 aliphatic carbocycles. The van der Waals surface area contributed by atoms with Crippen LogP contribution in [0.5, 0.6) is 11.5 Å². The molecule has 0 atom stereocenters. The van der Waals surface area contributed by atoms with Gasteiger partial charge in [0.15, 0.2) is 11.5 Å². The summed E-state index contributed by atoms with van der Waals surface area (Å²) in [5.41, 5.74) is 2.05. The third-order valence-electron chi connectivity index (χ3n) is 4.76. The van der Waals surface area contributed by atoms with Crippen molar-refractivity contribution in [2.45, 2.75) is 13.5 Å². The van der Waals surface area contributed by atoms with Gasteiger partial charge in [0.2, 0.25) is 0 Å². The molecule has 5 nitrogen and oxygen atoms in total. The third kappa shape index (κ3) is 5.36. The molecule has 1 saturated heterocycles. The number of amides is 2. The fraction of sp³-hybridized carbons (Fsp3) is 0.120. The third-order valence-corrected chi connectivity index (χ3v) is 6.20. The second-order valence-electron chi connectivity index (χ2n) is 7.02. The molecule has 33 heavy (non-hydrogen) atoms. The van der Waals surface area contributed by atoms with Crippen LogP contribution in [0, 0.1) is 0 Å². The van der Waals surface area contributed by atoms with Crippen molar-refractivity contribution < 1.29 is 19.1 Å². The van der Waals surface area contributed by atoms with Crippen LogP contribution < -0.4 is 14.4 Å². The molecule has 0 aromatic heterocycles. The second kappa shape index (κ2) is 10.3. The van der Waals surface area contributed by atoms with Gasteiger partial charge in [0, 0.05) is 5.02 Å². The highest BCUT2D eigenvalue weighted by atomic mass is 35.5. The molecule has 0 bridgehead atoms. The van der Waals surface area contributed by atoms with Crippen molar-refractivity contribution in [2.75, 3.05) is 11.5 Å². The highest BCUT2D eigenvalue weighted by Crippen LogP contribution is 2.39. The number of carbonyl (C=O) groups excluding carboxylic acids is 2. The Morgan fingerprint density at radius 2 is 1.70 bits per heavy atom. The molecule has 0 saturated carbocycles. The maximum absolute atomic E-state index is 12.9. The molecular formula is C25H19Cl2NO4S. The van der Waals surface area contributed by atoms with Gasteiger partial charge < -0.3 is 9.47 Å². The summed E-state index contributed by atoms with van der Waals surface area (Å²) in [6.45, 7) is 2.68. The van der Waals surface area contributed by atoms with E-state index in [1.807, 2.05) is 37.3 Å². The molecule has 4 rings (SSSR count). The van der Waals surface area contributed by atoms with E-state index in [9.17, 15) is 9.59 Å². The van der Waals surface area contributed by atoms with Crippen molar-refractivity contribution >= 4 is 57.9 Å². The molecule has 0 N–H and O–H groups in total. The molecule has 168 valence electrons. The minimum Gasteiger partial charge on any atom is -0.490 e. The number of rotatable bonds is 7. The number of imide groups is 1. The van der Waals surface area contributed by atoms with Crippen molar-refractivity contribution in [1.82, 2.24) is 0 Å². The molecule has 0 unspecified atom stereocenters. The van der Waals surface area contributed by atoms with Crippen LogP contribution in [0.1, 0.15) is 18.1 Å². The number of hydrogen-bond donors (Lipinski definition) is 0. The van der Waals surface area contributed by atoms with Gasteiger partial charge >= 0.3 is 0 Å². The Bertz CT molecular complexity index is 1230. The number of ether oxygens (including phenoxy) is 2. The average molecular weight is 500 g/mol. The standard InChI is InChI=1S/C25H19Cl2NO4S/c1-2-31-22-13-17(9-12-21(22)32-15-16-7-10-18(26)11-8-16)14-23-24(29)28(25(30)33-23)20-6-4-3-5-19(20)27/h3-14H,2,15H2,1H3/b23-14-. The number of halogens is 2. The van der Waals surface area contributed by atoms with Crippen LogP contribution in [-0.2, 0) is 11.4 Å². The van der Waals surface area contributed by atoms with E-state index in [0.717, 1.165) is 22.2 Å². The number of nitrogens with zero attached hydrogens (tertiary/aromatic N) is 1. The fourth-order valence-electron chi connectivity index (χ4n) is 3.20. The van der Waals surface area contributed by atoms with Gasteiger partial charge in [-0.2, -0.15) is 0 Å². The topological polar surface area (TPSA) is 55.8 Å². The summed E-state index contributed by atoms with van der Waals surface area (Å²) in [5, 5.41) is 0.603. The minimum absolute atomic E-state index is 0.303. The van der Waals surface area contributed by atoms with Gasteiger partial charge in [-0.25, -0.2) is 4.90 Å². The van der Waals surface area contributed by atoms with Gasteiger partial charge in [-0.05, 0) is 72.3 Å². The Balaban J connectivity index is 1.55. The summed E-state index contributed by atoms with van der Waals surface area (Å²) in [5.74, 6) is 0.706. The van der Waals surface area contributed by atoms with E-state index in [0.29, 0.717) is 50.9 Å². The monoisotopic (exact) mass is 499 g/mol. The van der Waals surface area contributed by atoms with Crippen LogP contribution in [0.4, 0.5) is 10.5 Å². The molecule has 0 spiro atoms. The number of hydrogen-bond acceptors (Lipinski definition) is 5. The van der Waals surface area contributed by atoms with Crippen molar-refractivity contribution in [3.05, 3.63) is 92.8 Å². The average Bonchev–Trinajstić information content (AvgIpc) is 3.07. The van der Waals surface area contributed by atoms with Gasteiger partial charge in [-0.1, -0.05) is 53.5 Å². The zero-order valence-corrected chi connectivity index (χ0v) is 19.9. The van der Waals surface area contributed by atoms with Crippen molar-refractivity contribution in [3.8, 4) is 11.5 Å². The highest BCUT2D eigenvalue weighted by Gasteiger charge is 2.37. The van der Waals surface area contributed by atoms with Gasteiger partial charge in [-0.15, -0.1) is 0 Å². The second-order valence-corrected chi connectivity index (χ2v) is 8.86. The van der Waals surface area contributed by atoms with Gasteiger partial charge in [0.05, 0.1) is 22.2 Å². The lowest BCUT2D eigenvalue weighted by Gasteiger charge is -2.14. The molecule has 1 aliphatic heterocycles. The lowest BCUT2D eigenvalue weighted by Crippen LogP contribution is -2.27. The van der Waals surface area contributed by atoms with E-state index in [-0.39, 0.29) is 0 Å². The number of thioether (sulfide) groups is 1. The Labute approximate surface area is 205 Å². The molecule has 1 aliphatic rings. The predicted molar refractivity (Wildman–Crippen MR) is 133 cm³/mol. The highest BCUT2D eigenvalue weighted by molar-refractivity contribution is 8.19. The number of anilines is 1. The summed E-state index contributed by atoms with van der Waals surface area (Å²) in [6.07, 6.45) is 1.66. The van der Waals surface area contributed by atoms with E-state index in [1.54, 1.807) is 42.5 Å². The summed E-state index contributed by atoms with van der Waals surface area (Å²) >= 11 is 13.0. The van der Waals surface area contributed by atoms with E-state index in [4.69, 9.17) is 32.7 Å². The molecule has 2 amide bonds. The minimum atomic E-state index is -0.417. The first-order chi connectivity index (χ1) is 16.0. The first-order valence-corrected chi connectivity index (χ1v) is 11.7. The van der Waals surface area contributed by atoms with Gasteiger partial charge in [0.25, 0.3) is 11.1 Å². The van der Waals surface area contributed by atoms with Crippen LogP contribution in [0.2, 0.25) is 10.0 Å². The largest absolute Gasteiger partial charge is 0.490 e. The predicted octanol–water partition coefficient (Wildman–Crippen LogP) is 7.21. The lowest BCUT2D eigenvalue weighted by atomic mass is 10.1. The van der Waals surface area contributed by atoms with Gasteiger partial charge in [0.1, 0.15) is 6.61 Å². The Morgan fingerprint density at radius 1 is 0.939 bits per heavy atom. The summed E-state index contributed by atoms with van der Waals surface area (Å²) in [6, 6.07) is 19.5. The zero-order valence-electron chi connectivity index (χ0n) is 17.6. The SMILES string of the molecule is CCOc1cc(/C=C2\SC(=O)N(c3ccccc3Cl)C2=O)ccc1OCc1ccc(Cl)cc1. The molecule has 0 radical (unpaired) electrons. The van der Waals surface area contributed by atoms with E-state index >= 15 is 0 Å². The van der Waals surface area contributed by atoms with E-state index in [1.165, 1.54) is 0 Å². The number of carbonyl (C=O) groups is 2. The summed E-state index contributed by atoms with van der Waals surface area (Å²) in [7, 11) is 0. The Morgan fingerprint density at radius 3 is 2.42 bits per heavy atom. The van der Waals surface area contributed by atoms with Crippen LogP contribution in [0.3, 0.4) is 0 Å². The normalized spacial score (nSPS) is 14.8. The summed E-state index contributed by atoms with van der Waals surface area (Å²) < 4.78 is 11.7. The molecule has 3 aromatic rings. The van der Waals surface area contributed by atoms with Crippen molar-refractivity contribution in [3.63, 3.8) is 0 Å². The summed E-state index contributed by atoms with van der Waals surface area (Å²) in [4.78, 5) is 26.8. The first kappa shape index (κ1) is 23.2. The van der Waals surface area contributed by atoms with Crippen LogP contribution in [0.15, 0.2) is 71.6 Å². The maximum Gasteiger partial charge on any atom is 0.298 e. The number of para-hydroxylation sites is 1. The molecular weight excluding hydrogens is 481 g/mol. The van der Waals surface area contributed by atoms with Gasteiger partial charge in [-0.3, -0.25) is 9.59 Å². The molecule has 1 heterocycles. The Hall–Kier alpha value is -2.93. The first-order valence-electron chi connectivity index (χ1n) is 10.1. The van der Waals surface area contributed by atoms with Crippen LogP contribution >= 0.6 is 35.0 Å². The fourth-order valence-corrected chi connectivity index (χ4v) is 4.38. The lowest BCUT2D eigenvalue weighted by molar-refractivity contribution is -0.113. The molecule has 3 aromatic carbocycles. The van der Waals surface area contributed by atoms with Crippen LogP contribution in [0.25, 0.3) is 6.08 Å². The van der Waals surface area contributed by atoms with Crippen LogP contribution in [-0.4, -0.2) is 17.8 Å². The number of benzene rings is 3. The molecule has 1 fully saturated rings. The van der Waals surface area contributed by atoms with Crippen molar-refractivity contribution in [2.24, 2.45) is 0 Å². The maximum atomic E-state index is 12.9. The van der Waals surface area contributed by atoms with E-state index in [2.05, 4.69) is 0 Å². The molecule has 8 heteroatoms. The zero-order chi connectivity index (χ0) is 23.4. The quantitative estimate of drug-likeness (QED) is 0.321. The Kier molecular flexibility index (Phi) is 7.28. The van der Waals surface area contributed by atoms with E-state index < -0.39 is 11.1 Å². The van der Waals surface area contributed by atoms with Crippen molar-refractivity contribution in [1.29, 1.82) is 0 Å².